The first-order valence-electron chi connectivity index (χ1n) is 10.5. The van der Waals surface area contributed by atoms with Crippen LogP contribution in [0.3, 0.4) is 0 Å². The highest BCUT2D eigenvalue weighted by Gasteiger charge is 2.22. The summed E-state index contributed by atoms with van der Waals surface area (Å²) >= 11 is 2.24. The van der Waals surface area contributed by atoms with Crippen LogP contribution in [0.4, 0.5) is 0 Å². The van der Waals surface area contributed by atoms with Gasteiger partial charge in [0, 0.05) is 50.1 Å². The van der Waals surface area contributed by atoms with Crippen LogP contribution in [0.5, 0.6) is 0 Å². The summed E-state index contributed by atoms with van der Waals surface area (Å²) in [5.41, 5.74) is 2.18. The lowest BCUT2D eigenvalue weighted by Crippen LogP contribution is -2.34. The van der Waals surface area contributed by atoms with Crippen LogP contribution in [0.15, 0.2) is 65.2 Å². The number of aromatic nitrogens is 1. The Balaban J connectivity index is 1.63. The Labute approximate surface area is 195 Å². The van der Waals surface area contributed by atoms with Crippen molar-refractivity contribution in [3.8, 4) is 0 Å². The maximum atomic E-state index is 13.3. The highest BCUT2D eigenvalue weighted by Crippen LogP contribution is 2.20. The van der Waals surface area contributed by atoms with E-state index >= 15 is 0 Å². The summed E-state index contributed by atoms with van der Waals surface area (Å²) in [5, 5.41) is 9.25. The Morgan fingerprint density at radius 1 is 1.19 bits per heavy atom. The number of allylic oxidation sites excluding steroid dienone is 3. The van der Waals surface area contributed by atoms with Crippen molar-refractivity contribution < 1.29 is 9.53 Å². The van der Waals surface area contributed by atoms with E-state index in [2.05, 4.69) is 38.5 Å². The number of dihydropyridines is 2. The molecule has 3 aliphatic heterocycles. The number of ether oxygens (including phenoxy) is 1. The topological polar surface area (TPSA) is 84.4 Å². The van der Waals surface area contributed by atoms with Gasteiger partial charge in [-0.15, -0.1) is 0 Å². The van der Waals surface area contributed by atoms with E-state index in [0.717, 1.165) is 38.2 Å². The van der Waals surface area contributed by atoms with E-state index < -0.39 is 5.91 Å². The molecule has 31 heavy (non-hydrogen) atoms. The van der Waals surface area contributed by atoms with Crippen molar-refractivity contribution in [3.05, 3.63) is 81.7 Å². The lowest BCUT2D eigenvalue weighted by Gasteiger charge is -2.25. The Hall–Kier alpha value is -2.33. The Morgan fingerprint density at radius 2 is 2.00 bits per heavy atom. The number of alkyl halides is 1. The third kappa shape index (κ3) is 5.48. The number of halogens is 1. The van der Waals surface area contributed by atoms with Crippen LogP contribution in [0.2, 0.25) is 0 Å². The molecule has 1 amide bonds. The zero-order valence-electron chi connectivity index (χ0n) is 17.4. The summed E-state index contributed by atoms with van der Waals surface area (Å²) in [7, 11) is 0. The fraction of sp³-hybridized carbons (Fsp3) is 0.391. The van der Waals surface area contributed by atoms with Crippen LogP contribution in [0.25, 0.3) is 0 Å². The number of amides is 1. The van der Waals surface area contributed by atoms with E-state index in [1.165, 1.54) is 0 Å². The smallest absolute Gasteiger partial charge is 0.261 e. The second-order valence-electron chi connectivity index (χ2n) is 8.08. The zero-order valence-corrected chi connectivity index (χ0v) is 19.6. The molecule has 0 aromatic carbocycles. The molecule has 1 aromatic rings. The van der Waals surface area contributed by atoms with Crippen molar-refractivity contribution in [2.24, 2.45) is 5.92 Å². The normalized spacial score (nSPS) is 23.4. The largest absolute Gasteiger partial charge is 0.381 e. The number of carbonyl (C=O) groups is 1. The van der Waals surface area contributed by atoms with Crippen molar-refractivity contribution in [1.82, 2.24) is 20.5 Å². The van der Waals surface area contributed by atoms with Crippen LogP contribution < -0.4 is 21.4 Å². The van der Waals surface area contributed by atoms with Gasteiger partial charge in [0.25, 0.3) is 5.91 Å². The first kappa shape index (κ1) is 21.9. The van der Waals surface area contributed by atoms with Gasteiger partial charge in [0.15, 0.2) is 5.43 Å². The number of nitrogens with one attached hydrogen (secondary N) is 3. The summed E-state index contributed by atoms with van der Waals surface area (Å²) in [6.07, 6.45) is 16.9. The number of pyridine rings is 1. The van der Waals surface area contributed by atoms with Crippen molar-refractivity contribution >= 4 is 28.5 Å². The first-order valence-corrected chi connectivity index (χ1v) is 11.8. The molecule has 0 spiro atoms. The number of carbonyl (C=O) groups excluding carboxylic acids is 1. The molecule has 8 heteroatoms. The molecule has 2 unspecified atom stereocenters. The Morgan fingerprint density at radius 3 is 2.68 bits per heavy atom. The fourth-order valence-electron chi connectivity index (χ4n) is 3.87. The van der Waals surface area contributed by atoms with E-state index in [1.807, 2.05) is 48.2 Å². The van der Waals surface area contributed by atoms with Crippen LogP contribution >= 0.6 is 22.6 Å². The van der Waals surface area contributed by atoms with Crippen LogP contribution in [0, 0.1) is 5.92 Å². The molecule has 0 radical (unpaired) electrons. The van der Waals surface area contributed by atoms with Crippen molar-refractivity contribution in [2.75, 3.05) is 13.2 Å². The molecule has 2 atom stereocenters. The van der Waals surface area contributed by atoms with Gasteiger partial charge in [-0.05, 0) is 37.3 Å². The third-order valence-corrected chi connectivity index (χ3v) is 6.41. The molecule has 164 valence electrons. The van der Waals surface area contributed by atoms with Gasteiger partial charge in [0.2, 0.25) is 0 Å². The standard InChI is InChI=1S/C23H27IN4O3/c1-15-2-4-20(25-10-15)18-13-28(12-16-6-8-31-9-7-16)14-19(22(18)29)23(30)27-17-3-5-21(24)26-11-17/h2-5,10-11,13-14,16,20-21,25-26H,6-9,12H2,1H3,(H,27,30). The maximum absolute atomic E-state index is 13.3. The fourth-order valence-corrected chi connectivity index (χ4v) is 4.26. The van der Waals surface area contributed by atoms with Gasteiger partial charge in [-0.2, -0.15) is 0 Å². The Kier molecular flexibility index (Phi) is 6.96. The highest BCUT2D eigenvalue weighted by molar-refractivity contribution is 14.1. The van der Waals surface area contributed by atoms with Gasteiger partial charge >= 0.3 is 0 Å². The van der Waals surface area contributed by atoms with E-state index in [1.54, 1.807) is 12.4 Å². The molecule has 4 heterocycles. The molecule has 7 nitrogen and oxygen atoms in total. The molecule has 3 N–H and O–H groups in total. The number of rotatable bonds is 5. The number of hydrogen-bond acceptors (Lipinski definition) is 5. The lowest BCUT2D eigenvalue weighted by molar-refractivity contribution is 0.0611. The lowest BCUT2D eigenvalue weighted by atomic mass is 9.99. The quantitative estimate of drug-likeness (QED) is 0.308. The Bertz CT molecular complexity index is 1020. The van der Waals surface area contributed by atoms with Crippen LogP contribution in [-0.4, -0.2) is 27.7 Å². The molecule has 0 aliphatic carbocycles. The second-order valence-corrected chi connectivity index (χ2v) is 9.42. The minimum atomic E-state index is -0.399. The molecule has 4 rings (SSSR count). The van der Waals surface area contributed by atoms with Gasteiger partial charge < -0.3 is 25.3 Å². The summed E-state index contributed by atoms with van der Waals surface area (Å²) < 4.78 is 7.64. The molecule has 0 saturated carbocycles. The summed E-state index contributed by atoms with van der Waals surface area (Å²) in [5.74, 6) is 0.0643. The van der Waals surface area contributed by atoms with Crippen LogP contribution in [0.1, 0.15) is 41.7 Å². The predicted octanol–water partition coefficient (Wildman–Crippen LogP) is 2.87. The summed E-state index contributed by atoms with van der Waals surface area (Å²) in [6.45, 7) is 4.26. The molecular formula is C23H27IN4O3. The van der Waals surface area contributed by atoms with Gasteiger partial charge in [0.1, 0.15) is 5.56 Å². The highest BCUT2D eigenvalue weighted by atomic mass is 127. The second kappa shape index (κ2) is 9.86. The third-order valence-electron chi connectivity index (χ3n) is 5.64. The summed E-state index contributed by atoms with van der Waals surface area (Å²) in [4.78, 5) is 26.3. The van der Waals surface area contributed by atoms with Crippen molar-refractivity contribution in [1.29, 1.82) is 0 Å². The minimum Gasteiger partial charge on any atom is -0.381 e. The molecule has 3 aliphatic rings. The monoisotopic (exact) mass is 534 g/mol. The van der Waals surface area contributed by atoms with E-state index in [-0.39, 0.29) is 21.1 Å². The van der Waals surface area contributed by atoms with E-state index in [0.29, 0.717) is 17.2 Å². The van der Waals surface area contributed by atoms with Gasteiger partial charge in [-0.25, -0.2) is 0 Å². The zero-order chi connectivity index (χ0) is 21.8. The molecule has 1 fully saturated rings. The molecular weight excluding hydrogens is 507 g/mol. The van der Waals surface area contributed by atoms with Crippen LogP contribution in [-0.2, 0) is 11.3 Å². The van der Waals surface area contributed by atoms with Crippen molar-refractivity contribution in [2.45, 2.75) is 36.4 Å². The molecule has 0 bridgehead atoms. The molecule has 1 saturated heterocycles. The average Bonchev–Trinajstić information content (AvgIpc) is 2.78. The van der Waals surface area contributed by atoms with Gasteiger partial charge in [-0.3, -0.25) is 9.59 Å². The average molecular weight is 534 g/mol. The summed E-state index contributed by atoms with van der Waals surface area (Å²) in [6, 6.07) is -0.264. The number of nitrogens with zero attached hydrogens (tertiary/aromatic N) is 1. The predicted molar refractivity (Wildman–Crippen MR) is 129 cm³/mol. The van der Waals surface area contributed by atoms with Gasteiger partial charge in [-0.1, -0.05) is 40.8 Å². The first-order chi connectivity index (χ1) is 15.0. The molecule has 1 aromatic heterocycles. The van der Waals surface area contributed by atoms with E-state index in [4.69, 9.17) is 4.74 Å². The maximum Gasteiger partial charge on any atom is 0.261 e. The minimum absolute atomic E-state index is 0.150. The number of hydrogen-bond donors (Lipinski definition) is 3. The van der Waals surface area contributed by atoms with Gasteiger partial charge in [0.05, 0.1) is 15.8 Å². The van der Waals surface area contributed by atoms with Crippen molar-refractivity contribution in [3.63, 3.8) is 0 Å². The van der Waals surface area contributed by atoms with E-state index in [9.17, 15) is 9.59 Å². The SMILES string of the molecule is CC1=CNC(c2cn(CC3CCOCC3)cc(C(=O)NC3=CNC(I)C=C3)c2=O)C=C1.